The summed E-state index contributed by atoms with van der Waals surface area (Å²) in [5.41, 5.74) is 8.53. The quantitative estimate of drug-likeness (QED) is 0.188. The van der Waals surface area contributed by atoms with Gasteiger partial charge < -0.3 is 13.9 Å². The minimum atomic E-state index is 0.874. The predicted molar refractivity (Wildman–Crippen MR) is 213 cm³/mol. The summed E-state index contributed by atoms with van der Waals surface area (Å²) in [6, 6.07) is 61.4. The van der Waals surface area contributed by atoms with Crippen LogP contribution in [0.15, 0.2) is 174 Å². The SMILES string of the molecule is c1ccc(-n2c3ccccc3c3ccc(N(c4ccc5sc6ccccc6c5c4)c4cccc5oc6cc7ccccc7cc6c45)cc32)cc1. The highest BCUT2D eigenvalue weighted by molar-refractivity contribution is 7.25. The predicted octanol–water partition coefficient (Wildman–Crippen LogP) is 13.7. The first-order valence-corrected chi connectivity index (χ1v) is 17.7. The van der Waals surface area contributed by atoms with Gasteiger partial charge in [0.05, 0.1) is 22.1 Å². The van der Waals surface area contributed by atoms with Crippen LogP contribution < -0.4 is 4.90 Å². The van der Waals surface area contributed by atoms with Crippen molar-refractivity contribution in [3.8, 4) is 5.69 Å². The lowest BCUT2D eigenvalue weighted by Gasteiger charge is -2.27. The fraction of sp³-hybridized carbons (Fsp3) is 0. The van der Waals surface area contributed by atoms with Crippen LogP contribution in [0, 0.1) is 0 Å². The van der Waals surface area contributed by atoms with Crippen LogP contribution in [-0.2, 0) is 0 Å². The third-order valence-corrected chi connectivity index (χ3v) is 11.3. The van der Waals surface area contributed by atoms with Crippen LogP contribution in [0.3, 0.4) is 0 Å². The van der Waals surface area contributed by atoms with Crippen LogP contribution in [0.25, 0.3) is 80.4 Å². The number of benzene rings is 8. The Hall–Kier alpha value is -6.36. The van der Waals surface area contributed by atoms with Crippen molar-refractivity contribution in [2.75, 3.05) is 4.90 Å². The van der Waals surface area contributed by atoms with Crippen molar-refractivity contribution >= 4 is 103 Å². The molecule has 0 spiro atoms. The molecule has 11 rings (SSSR count). The summed E-state index contributed by atoms with van der Waals surface area (Å²) in [5.74, 6) is 0. The Morgan fingerprint density at radius 3 is 2.04 bits per heavy atom. The van der Waals surface area contributed by atoms with E-state index in [2.05, 4.69) is 179 Å². The number of nitrogens with zero attached hydrogens (tertiary/aromatic N) is 2. The van der Waals surface area contributed by atoms with Gasteiger partial charge in [0.1, 0.15) is 11.2 Å². The van der Waals surface area contributed by atoms with Gasteiger partial charge in [0.2, 0.25) is 0 Å². The molecule has 11 aromatic rings. The van der Waals surface area contributed by atoms with E-state index in [1.54, 1.807) is 0 Å². The van der Waals surface area contributed by atoms with Crippen molar-refractivity contribution in [3.63, 3.8) is 0 Å². The number of hydrogen-bond donors (Lipinski definition) is 0. The number of fused-ring (bicyclic) bond motifs is 10. The molecule has 3 heterocycles. The normalized spacial score (nSPS) is 12.0. The van der Waals surface area contributed by atoms with E-state index in [-0.39, 0.29) is 0 Å². The van der Waals surface area contributed by atoms with Gasteiger partial charge in [-0.2, -0.15) is 0 Å². The van der Waals surface area contributed by atoms with Gasteiger partial charge in [0.15, 0.2) is 0 Å². The Morgan fingerprint density at radius 2 is 1.14 bits per heavy atom. The summed E-state index contributed by atoms with van der Waals surface area (Å²) >= 11 is 1.85. The van der Waals surface area contributed by atoms with Crippen molar-refractivity contribution < 1.29 is 4.42 Å². The molecule has 0 saturated carbocycles. The van der Waals surface area contributed by atoms with Gasteiger partial charge in [0, 0.05) is 53.4 Å². The van der Waals surface area contributed by atoms with Gasteiger partial charge in [-0.15, -0.1) is 11.3 Å². The van der Waals surface area contributed by atoms with Crippen LogP contribution in [0.2, 0.25) is 0 Å². The lowest BCUT2D eigenvalue weighted by molar-refractivity contribution is 0.669. The molecule has 0 aliphatic rings. The van der Waals surface area contributed by atoms with E-state index in [0.717, 1.165) is 50.2 Å². The van der Waals surface area contributed by atoms with Crippen molar-refractivity contribution in [2.45, 2.75) is 0 Å². The van der Waals surface area contributed by atoms with Crippen LogP contribution in [0.4, 0.5) is 17.1 Å². The lowest BCUT2D eigenvalue weighted by Crippen LogP contribution is -2.10. The standard InChI is InChI=1S/C46H28N2OS/c1-2-13-31(14-3-1)48-39-17-8-6-15-34(39)35-23-21-33(28-41(35)48)47(32-22-24-45-37(27-32)36-16-7-9-20-44(36)50-45)40-18-10-19-42-46(40)38-25-29-11-4-5-12-30(29)26-43(38)49-42/h1-28H. The van der Waals surface area contributed by atoms with Gasteiger partial charge >= 0.3 is 0 Å². The van der Waals surface area contributed by atoms with Gasteiger partial charge in [-0.3, -0.25) is 0 Å². The number of furan rings is 1. The Bertz CT molecular complexity index is 3110. The van der Waals surface area contributed by atoms with E-state index in [4.69, 9.17) is 4.42 Å². The molecule has 0 amide bonds. The Labute approximate surface area is 291 Å². The van der Waals surface area contributed by atoms with Gasteiger partial charge in [-0.05, 0) is 89.6 Å². The molecule has 3 nitrogen and oxygen atoms in total. The maximum atomic E-state index is 6.60. The molecule has 0 radical (unpaired) electrons. The zero-order valence-electron chi connectivity index (χ0n) is 26.9. The second-order valence-corrected chi connectivity index (χ2v) is 14.0. The van der Waals surface area contributed by atoms with Crippen molar-refractivity contribution in [3.05, 3.63) is 170 Å². The number of hydrogen-bond acceptors (Lipinski definition) is 3. The van der Waals surface area contributed by atoms with E-state index < -0.39 is 0 Å². The van der Waals surface area contributed by atoms with Gasteiger partial charge in [-0.1, -0.05) is 91.0 Å². The monoisotopic (exact) mass is 656 g/mol. The van der Waals surface area contributed by atoms with E-state index in [9.17, 15) is 0 Å². The molecule has 0 fully saturated rings. The second kappa shape index (κ2) is 10.6. The number of thiophene rings is 1. The fourth-order valence-corrected chi connectivity index (χ4v) is 9.00. The first-order chi connectivity index (χ1) is 24.8. The Morgan fingerprint density at radius 1 is 0.440 bits per heavy atom. The third kappa shape index (κ3) is 4.03. The zero-order chi connectivity index (χ0) is 32.8. The Kier molecular flexibility index (Phi) is 5.83. The highest BCUT2D eigenvalue weighted by atomic mass is 32.1. The first kappa shape index (κ1) is 27.6. The average molecular weight is 657 g/mol. The van der Waals surface area contributed by atoms with Crippen LogP contribution in [-0.4, -0.2) is 4.57 Å². The fourth-order valence-electron chi connectivity index (χ4n) is 7.91. The molecule has 0 bridgehead atoms. The van der Waals surface area contributed by atoms with Crippen molar-refractivity contribution in [1.82, 2.24) is 4.57 Å². The number of para-hydroxylation sites is 2. The number of anilines is 3. The molecular formula is C46H28N2OS. The topological polar surface area (TPSA) is 21.3 Å². The van der Waals surface area contributed by atoms with Gasteiger partial charge in [-0.25, -0.2) is 0 Å². The molecule has 0 atom stereocenters. The maximum absolute atomic E-state index is 6.60. The summed E-state index contributed by atoms with van der Waals surface area (Å²) in [6.45, 7) is 0. The summed E-state index contributed by atoms with van der Waals surface area (Å²) in [5, 5.41) is 9.61. The first-order valence-electron chi connectivity index (χ1n) is 16.9. The molecule has 3 aromatic heterocycles. The molecule has 50 heavy (non-hydrogen) atoms. The van der Waals surface area contributed by atoms with E-state index in [0.29, 0.717) is 0 Å². The third-order valence-electron chi connectivity index (χ3n) is 10.1. The van der Waals surface area contributed by atoms with Crippen LogP contribution in [0.5, 0.6) is 0 Å². The molecule has 234 valence electrons. The number of rotatable bonds is 4. The summed E-state index contributed by atoms with van der Waals surface area (Å²) in [6.07, 6.45) is 0. The van der Waals surface area contributed by atoms with Crippen molar-refractivity contribution in [2.24, 2.45) is 0 Å². The molecule has 0 N–H and O–H groups in total. The minimum absolute atomic E-state index is 0.874. The van der Waals surface area contributed by atoms with Crippen molar-refractivity contribution in [1.29, 1.82) is 0 Å². The lowest BCUT2D eigenvalue weighted by atomic mass is 10.0. The molecule has 0 aliphatic carbocycles. The second-order valence-electron chi connectivity index (χ2n) is 13.0. The van der Waals surface area contributed by atoms with E-state index >= 15 is 0 Å². The average Bonchev–Trinajstić information content (AvgIpc) is 3.83. The summed E-state index contributed by atoms with van der Waals surface area (Å²) in [7, 11) is 0. The van der Waals surface area contributed by atoms with Gasteiger partial charge in [0.25, 0.3) is 0 Å². The molecule has 4 heteroatoms. The Balaban J connectivity index is 1.24. The van der Waals surface area contributed by atoms with Crippen LogP contribution in [0.1, 0.15) is 0 Å². The summed E-state index contributed by atoms with van der Waals surface area (Å²) < 4.78 is 11.6. The molecule has 0 saturated heterocycles. The van der Waals surface area contributed by atoms with E-state index in [1.165, 1.54) is 47.2 Å². The highest BCUT2D eigenvalue weighted by Crippen LogP contribution is 2.46. The molecule has 0 aliphatic heterocycles. The minimum Gasteiger partial charge on any atom is -0.456 e. The zero-order valence-corrected chi connectivity index (χ0v) is 27.7. The summed E-state index contributed by atoms with van der Waals surface area (Å²) in [4.78, 5) is 2.42. The molecule has 8 aromatic carbocycles. The maximum Gasteiger partial charge on any atom is 0.137 e. The molecule has 0 unspecified atom stereocenters. The molecular weight excluding hydrogens is 629 g/mol. The smallest absolute Gasteiger partial charge is 0.137 e. The van der Waals surface area contributed by atoms with Crippen LogP contribution >= 0.6 is 11.3 Å². The largest absolute Gasteiger partial charge is 0.456 e. The highest BCUT2D eigenvalue weighted by Gasteiger charge is 2.22. The number of aromatic nitrogens is 1. The van der Waals surface area contributed by atoms with E-state index in [1.807, 2.05) is 11.3 Å².